The molecule has 140 valence electrons. The van der Waals surface area contributed by atoms with Gasteiger partial charge in [-0.05, 0) is 43.5 Å². The molecule has 1 atom stereocenters. The van der Waals surface area contributed by atoms with E-state index in [0.717, 1.165) is 19.5 Å². The Bertz CT molecular complexity index is 687. The molecule has 1 aromatic carbocycles. The maximum absolute atomic E-state index is 12.6. The predicted molar refractivity (Wildman–Crippen MR) is 100 cm³/mol. The topological polar surface area (TPSA) is 69.7 Å². The fourth-order valence-electron chi connectivity index (χ4n) is 3.28. The molecule has 1 heterocycles. The highest BCUT2D eigenvalue weighted by atomic mass is 32.2. The van der Waals surface area contributed by atoms with Crippen molar-refractivity contribution < 1.29 is 13.2 Å². The van der Waals surface area contributed by atoms with Gasteiger partial charge in [0.15, 0.2) is 0 Å². The second kappa shape index (κ2) is 8.78. The lowest BCUT2D eigenvalue weighted by atomic mass is 10.0. The third kappa shape index (κ3) is 5.26. The summed E-state index contributed by atoms with van der Waals surface area (Å²) in [5, 5.41) is 2.83. The standard InChI is InChI=1S/C18H29N3O3S/c1-4-21(5-2)25(23,24)17-10-6-9-16(12-17)19-18(22)14-20-11-7-8-15(3)13-20/h6,9-10,12,15H,4-5,7-8,11,13-14H2,1-3H3,(H,19,22). The monoisotopic (exact) mass is 367 g/mol. The average molecular weight is 368 g/mol. The summed E-state index contributed by atoms with van der Waals surface area (Å²) in [7, 11) is -3.52. The Kier molecular flexibility index (Phi) is 6.98. The van der Waals surface area contributed by atoms with Crippen LogP contribution in [0.2, 0.25) is 0 Å². The number of amides is 1. The van der Waals surface area contributed by atoms with E-state index in [0.29, 0.717) is 31.2 Å². The zero-order valence-electron chi connectivity index (χ0n) is 15.4. The number of rotatable bonds is 7. The van der Waals surface area contributed by atoms with Gasteiger partial charge in [0.1, 0.15) is 0 Å². The van der Waals surface area contributed by atoms with E-state index in [9.17, 15) is 13.2 Å². The van der Waals surface area contributed by atoms with E-state index in [-0.39, 0.29) is 10.8 Å². The number of nitrogens with one attached hydrogen (secondary N) is 1. The molecular weight excluding hydrogens is 338 g/mol. The maximum atomic E-state index is 12.6. The Morgan fingerprint density at radius 1 is 1.32 bits per heavy atom. The van der Waals surface area contributed by atoms with Gasteiger partial charge in [-0.3, -0.25) is 9.69 Å². The minimum atomic E-state index is -3.52. The van der Waals surface area contributed by atoms with Crippen molar-refractivity contribution >= 4 is 21.6 Å². The van der Waals surface area contributed by atoms with Crippen molar-refractivity contribution in [1.29, 1.82) is 0 Å². The number of hydrogen-bond acceptors (Lipinski definition) is 4. The number of carbonyl (C=O) groups excluding carboxylic acids is 1. The van der Waals surface area contributed by atoms with Crippen molar-refractivity contribution in [2.45, 2.75) is 38.5 Å². The van der Waals surface area contributed by atoms with Crippen molar-refractivity contribution in [3.05, 3.63) is 24.3 Å². The van der Waals surface area contributed by atoms with Crippen LogP contribution < -0.4 is 5.32 Å². The lowest BCUT2D eigenvalue weighted by Crippen LogP contribution is -2.39. The second-order valence-electron chi connectivity index (χ2n) is 6.65. The first-order valence-electron chi connectivity index (χ1n) is 8.99. The highest BCUT2D eigenvalue weighted by Gasteiger charge is 2.22. The third-order valence-corrected chi connectivity index (χ3v) is 6.62. The second-order valence-corrected chi connectivity index (χ2v) is 8.59. The van der Waals surface area contributed by atoms with E-state index in [1.807, 2.05) is 13.8 Å². The van der Waals surface area contributed by atoms with E-state index in [2.05, 4.69) is 17.1 Å². The summed E-state index contributed by atoms with van der Waals surface area (Å²) < 4.78 is 26.6. The lowest BCUT2D eigenvalue weighted by Gasteiger charge is -2.30. The molecule has 1 saturated heterocycles. The van der Waals surface area contributed by atoms with E-state index >= 15 is 0 Å². The van der Waals surface area contributed by atoms with Crippen molar-refractivity contribution in [1.82, 2.24) is 9.21 Å². The largest absolute Gasteiger partial charge is 0.325 e. The fraction of sp³-hybridized carbons (Fsp3) is 0.611. The van der Waals surface area contributed by atoms with Gasteiger partial charge in [-0.25, -0.2) is 8.42 Å². The van der Waals surface area contributed by atoms with Gasteiger partial charge in [0.2, 0.25) is 15.9 Å². The number of nitrogens with zero attached hydrogens (tertiary/aromatic N) is 2. The average Bonchev–Trinajstić information content (AvgIpc) is 2.56. The molecule has 1 amide bonds. The van der Waals surface area contributed by atoms with Crippen molar-refractivity contribution in [2.24, 2.45) is 5.92 Å². The first-order valence-corrected chi connectivity index (χ1v) is 10.4. The number of likely N-dealkylation sites (tertiary alicyclic amines) is 1. The summed E-state index contributed by atoms with van der Waals surface area (Å²) in [5.41, 5.74) is 0.517. The molecular formula is C18H29N3O3S. The van der Waals surface area contributed by atoms with Crippen LogP contribution in [0.5, 0.6) is 0 Å². The Balaban J connectivity index is 2.05. The van der Waals surface area contributed by atoms with E-state index < -0.39 is 10.0 Å². The first kappa shape index (κ1) is 19.9. The van der Waals surface area contributed by atoms with Gasteiger partial charge in [0.25, 0.3) is 0 Å². The van der Waals surface area contributed by atoms with Crippen molar-refractivity contribution in [3.8, 4) is 0 Å². The van der Waals surface area contributed by atoms with E-state index in [1.54, 1.807) is 18.2 Å². The van der Waals surface area contributed by atoms with Gasteiger partial charge in [0.05, 0.1) is 11.4 Å². The highest BCUT2D eigenvalue weighted by Crippen LogP contribution is 2.20. The molecule has 1 N–H and O–H groups in total. The normalized spacial score (nSPS) is 19.1. The third-order valence-electron chi connectivity index (χ3n) is 4.57. The van der Waals surface area contributed by atoms with Gasteiger partial charge >= 0.3 is 0 Å². The maximum Gasteiger partial charge on any atom is 0.243 e. The molecule has 7 heteroatoms. The zero-order chi connectivity index (χ0) is 18.4. The van der Waals surface area contributed by atoms with Gasteiger partial charge in [-0.15, -0.1) is 0 Å². The van der Waals surface area contributed by atoms with Crippen LogP contribution in [0.4, 0.5) is 5.69 Å². The Morgan fingerprint density at radius 2 is 2.04 bits per heavy atom. The quantitative estimate of drug-likeness (QED) is 0.803. The summed E-state index contributed by atoms with van der Waals surface area (Å²) in [6.45, 7) is 8.88. The number of carbonyl (C=O) groups is 1. The highest BCUT2D eigenvalue weighted by molar-refractivity contribution is 7.89. The molecule has 25 heavy (non-hydrogen) atoms. The van der Waals surface area contributed by atoms with E-state index in [4.69, 9.17) is 0 Å². The lowest BCUT2D eigenvalue weighted by molar-refractivity contribution is -0.117. The fourth-order valence-corrected chi connectivity index (χ4v) is 4.79. The number of anilines is 1. The smallest absolute Gasteiger partial charge is 0.243 e. The molecule has 1 unspecified atom stereocenters. The molecule has 0 saturated carbocycles. The van der Waals surface area contributed by atoms with Gasteiger partial charge in [-0.2, -0.15) is 4.31 Å². The van der Waals surface area contributed by atoms with Crippen molar-refractivity contribution in [2.75, 3.05) is 38.0 Å². The Morgan fingerprint density at radius 3 is 2.68 bits per heavy atom. The summed E-state index contributed by atoms with van der Waals surface area (Å²) in [4.78, 5) is 14.6. The van der Waals surface area contributed by atoms with Crippen LogP contribution in [0.1, 0.15) is 33.6 Å². The van der Waals surface area contributed by atoms with E-state index in [1.165, 1.54) is 16.8 Å². The number of hydrogen-bond donors (Lipinski definition) is 1. The van der Waals surface area contributed by atoms with Gasteiger partial charge in [-0.1, -0.05) is 26.8 Å². The number of sulfonamides is 1. The first-order chi connectivity index (χ1) is 11.9. The van der Waals surface area contributed by atoms with Gasteiger partial charge in [0, 0.05) is 25.3 Å². The molecule has 0 aromatic heterocycles. The summed E-state index contributed by atoms with van der Waals surface area (Å²) in [5.74, 6) is 0.510. The van der Waals surface area contributed by atoms with Crippen LogP contribution in [-0.2, 0) is 14.8 Å². The Labute approximate surface area is 151 Å². The van der Waals surface area contributed by atoms with Crippen molar-refractivity contribution in [3.63, 3.8) is 0 Å². The molecule has 1 aromatic rings. The summed E-state index contributed by atoms with van der Waals surface area (Å²) in [6, 6.07) is 6.48. The van der Waals surface area contributed by atoms with Crippen LogP contribution in [0.3, 0.4) is 0 Å². The van der Waals surface area contributed by atoms with Crippen LogP contribution in [0.25, 0.3) is 0 Å². The van der Waals surface area contributed by atoms with Crippen LogP contribution >= 0.6 is 0 Å². The molecule has 0 spiro atoms. The van der Waals surface area contributed by atoms with Crippen LogP contribution in [-0.4, -0.2) is 56.3 Å². The molecule has 0 radical (unpaired) electrons. The molecule has 0 bridgehead atoms. The minimum absolute atomic E-state index is 0.105. The SMILES string of the molecule is CCN(CC)S(=O)(=O)c1cccc(NC(=O)CN2CCCC(C)C2)c1. The molecule has 1 aliphatic rings. The predicted octanol–water partition coefficient (Wildman–Crippen LogP) is 2.39. The number of piperidine rings is 1. The summed E-state index contributed by atoms with van der Waals surface area (Å²) in [6.07, 6.45) is 2.33. The molecule has 1 aliphatic heterocycles. The summed E-state index contributed by atoms with van der Waals surface area (Å²) >= 11 is 0. The van der Waals surface area contributed by atoms with Gasteiger partial charge < -0.3 is 5.32 Å². The molecule has 0 aliphatic carbocycles. The zero-order valence-corrected chi connectivity index (χ0v) is 16.2. The van der Waals surface area contributed by atoms with Crippen LogP contribution in [0, 0.1) is 5.92 Å². The molecule has 6 nitrogen and oxygen atoms in total. The van der Waals surface area contributed by atoms with Crippen LogP contribution in [0.15, 0.2) is 29.2 Å². The molecule has 2 rings (SSSR count). The Hall–Kier alpha value is -1.44. The minimum Gasteiger partial charge on any atom is -0.325 e. The molecule has 1 fully saturated rings. The number of benzene rings is 1.